The maximum atomic E-state index is 13.9. The zero-order chi connectivity index (χ0) is 34.5. The van der Waals surface area contributed by atoms with Crippen LogP contribution in [0.4, 0.5) is 0 Å². The molecule has 0 unspecified atom stereocenters. The molecular weight excluding hydrogens is 630 g/mol. The lowest BCUT2D eigenvalue weighted by molar-refractivity contribution is -0.128. The van der Waals surface area contributed by atoms with Crippen LogP contribution in [0.3, 0.4) is 0 Å². The van der Waals surface area contributed by atoms with E-state index in [0.717, 1.165) is 41.6 Å². The molecule has 0 aliphatic carbocycles. The van der Waals surface area contributed by atoms with Crippen molar-refractivity contribution in [1.29, 1.82) is 0 Å². The maximum Gasteiger partial charge on any atom is 0.246 e. The van der Waals surface area contributed by atoms with Crippen LogP contribution >= 0.6 is 0 Å². The van der Waals surface area contributed by atoms with E-state index in [0.29, 0.717) is 71.9 Å². The van der Waals surface area contributed by atoms with Crippen LogP contribution in [-0.4, -0.2) is 75.6 Å². The van der Waals surface area contributed by atoms with Gasteiger partial charge in [0.15, 0.2) is 34.5 Å². The fraction of sp³-hybridized carbons (Fsp3) is 0.341. The SMILES string of the molecule is COc1ccc2cc1Oc1ccc(cc1)C[C@H]1c3c(cc(OC)c4c3Oc3cc5c(cc3O4)CCN(C)[C@H]5C2)CCN1C(=O)/C=C/CN(C)C. The highest BCUT2D eigenvalue weighted by Gasteiger charge is 2.39. The van der Waals surface area contributed by atoms with Gasteiger partial charge in [-0.2, -0.15) is 0 Å². The molecule has 2 atom stereocenters. The van der Waals surface area contributed by atoms with Crippen molar-refractivity contribution in [3.63, 3.8) is 0 Å². The molecule has 0 radical (unpaired) electrons. The third-order valence-electron chi connectivity index (χ3n) is 10.4. The van der Waals surface area contributed by atoms with Crippen molar-refractivity contribution in [3.05, 3.63) is 106 Å². The highest BCUT2D eigenvalue weighted by Crippen LogP contribution is 2.57. The topological polar surface area (TPSA) is 72.9 Å². The number of rotatable bonds is 5. The standard InChI is InChI=1S/C41H43N3O6/c1-42(2)16-6-7-38(45)44-18-15-28-23-37(47-5)40-41-39(28)32(44)19-25-8-11-29(12-9-25)48-34-21-26(10-13-33(34)46-4)20-31-30-24-36(50-41)35(49-40)22-27(30)14-17-43(31)3/h6-13,21-24,31-32H,14-20H2,1-5H3/b7-6+/t31-,32-/m0/s1. The molecule has 0 N–H and O–H groups in total. The first-order valence-electron chi connectivity index (χ1n) is 17.3. The number of amides is 1. The Kier molecular flexibility index (Phi) is 8.41. The molecule has 0 saturated carbocycles. The Labute approximate surface area is 293 Å². The Bertz CT molecular complexity index is 1990. The number of carbonyl (C=O) groups is 1. The fourth-order valence-corrected chi connectivity index (χ4v) is 7.77. The third kappa shape index (κ3) is 5.84. The Balaban J connectivity index is 1.31. The first-order valence-corrected chi connectivity index (χ1v) is 17.3. The van der Waals surface area contributed by atoms with Crippen LogP contribution < -0.4 is 23.7 Å². The average Bonchev–Trinajstić information content (AvgIpc) is 3.11. The number of methoxy groups -OCH3 is 2. The molecule has 50 heavy (non-hydrogen) atoms. The van der Waals surface area contributed by atoms with Gasteiger partial charge in [-0.25, -0.2) is 0 Å². The van der Waals surface area contributed by atoms with Gasteiger partial charge in [0.1, 0.15) is 5.75 Å². The second-order valence-corrected chi connectivity index (χ2v) is 13.9. The van der Waals surface area contributed by atoms with E-state index in [1.165, 1.54) is 11.1 Å². The van der Waals surface area contributed by atoms with Crippen LogP contribution in [0.15, 0.2) is 72.8 Å². The van der Waals surface area contributed by atoms with Crippen molar-refractivity contribution < 1.29 is 28.5 Å². The summed E-state index contributed by atoms with van der Waals surface area (Å²) in [5.74, 6) is 5.18. The van der Waals surface area contributed by atoms with Gasteiger partial charge in [0.05, 0.1) is 20.3 Å². The molecule has 9 nitrogen and oxygen atoms in total. The molecule has 4 aromatic carbocycles. The largest absolute Gasteiger partial charge is 0.493 e. The van der Waals surface area contributed by atoms with E-state index in [4.69, 9.17) is 23.7 Å². The lowest BCUT2D eigenvalue weighted by atomic mass is 9.86. The lowest BCUT2D eigenvalue weighted by Crippen LogP contribution is -2.40. The zero-order valence-corrected chi connectivity index (χ0v) is 29.3. The number of fused-ring (bicyclic) bond motifs is 2. The molecular formula is C41H43N3O6. The summed E-state index contributed by atoms with van der Waals surface area (Å²) >= 11 is 0. The summed E-state index contributed by atoms with van der Waals surface area (Å²) in [5.41, 5.74) is 6.72. The number of carbonyl (C=O) groups excluding carboxylic acids is 1. The minimum Gasteiger partial charge on any atom is -0.493 e. The number of hydrogen-bond donors (Lipinski definition) is 0. The molecule has 9 heteroatoms. The predicted molar refractivity (Wildman–Crippen MR) is 191 cm³/mol. The second-order valence-electron chi connectivity index (χ2n) is 13.9. The molecule has 258 valence electrons. The highest BCUT2D eigenvalue weighted by molar-refractivity contribution is 5.88. The number of likely N-dealkylation sites (N-methyl/N-ethyl adjacent to an activating group) is 2. The van der Waals surface area contributed by atoms with E-state index in [-0.39, 0.29) is 18.0 Å². The minimum absolute atomic E-state index is 0.0294. The van der Waals surface area contributed by atoms with Gasteiger partial charge in [-0.1, -0.05) is 24.3 Å². The van der Waals surface area contributed by atoms with Crippen LogP contribution in [0.5, 0.6) is 46.0 Å². The summed E-state index contributed by atoms with van der Waals surface area (Å²) in [6, 6.07) is 20.5. The zero-order valence-electron chi connectivity index (χ0n) is 29.3. The molecule has 7 bridgehead atoms. The fourth-order valence-electron chi connectivity index (χ4n) is 7.77. The van der Waals surface area contributed by atoms with Crippen molar-refractivity contribution in [1.82, 2.24) is 14.7 Å². The maximum absolute atomic E-state index is 13.9. The molecule has 0 fully saturated rings. The minimum atomic E-state index is -0.306. The van der Waals surface area contributed by atoms with Crippen LogP contribution in [-0.2, 0) is 30.5 Å². The Morgan fingerprint density at radius 1 is 0.800 bits per heavy atom. The Morgan fingerprint density at radius 3 is 2.30 bits per heavy atom. The molecule has 5 heterocycles. The van der Waals surface area contributed by atoms with Crippen LogP contribution in [0, 0.1) is 0 Å². The van der Waals surface area contributed by atoms with Gasteiger partial charge < -0.3 is 33.5 Å². The number of nitrogens with zero attached hydrogens (tertiary/aromatic N) is 3. The summed E-state index contributed by atoms with van der Waals surface area (Å²) in [7, 11) is 9.49. The molecule has 0 saturated heterocycles. The number of benzene rings is 4. The van der Waals surface area contributed by atoms with E-state index >= 15 is 0 Å². The van der Waals surface area contributed by atoms with E-state index in [2.05, 4.69) is 54.4 Å². The monoisotopic (exact) mass is 673 g/mol. The second kappa shape index (κ2) is 13.0. The first kappa shape index (κ1) is 32.2. The van der Waals surface area contributed by atoms with E-state index in [1.807, 2.05) is 48.2 Å². The van der Waals surface area contributed by atoms with Gasteiger partial charge in [-0.3, -0.25) is 9.69 Å². The number of ether oxygens (including phenoxy) is 5. The molecule has 0 spiro atoms. The summed E-state index contributed by atoms with van der Waals surface area (Å²) in [4.78, 5) is 20.3. The molecule has 9 rings (SSSR count). The van der Waals surface area contributed by atoms with E-state index in [1.54, 1.807) is 20.3 Å². The normalized spacial score (nSPS) is 19.0. The van der Waals surface area contributed by atoms with Crippen LogP contribution in [0.2, 0.25) is 0 Å². The summed E-state index contributed by atoms with van der Waals surface area (Å²) < 4.78 is 31.8. The van der Waals surface area contributed by atoms with E-state index in [9.17, 15) is 4.79 Å². The first-order chi connectivity index (χ1) is 24.3. The molecule has 5 aliphatic heterocycles. The van der Waals surface area contributed by atoms with Crippen LogP contribution in [0.25, 0.3) is 0 Å². The molecule has 1 amide bonds. The van der Waals surface area contributed by atoms with Gasteiger partial charge >= 0.3 is 0 Å². The van der Waals surface area contributed by atoms with Gasteiger partial charge in [0.25, 0.3) is 0 Å². The van der Waals surface area contributed by atoms with Crippen molar-refractivity contribution in [3.8, 4) is 46.0 Å². The van der Waals surface area contributed by atoms with Gasteiger partial charge in [0.2, 0.25) is 11.7 Å². The third-order valence-corrected chi connectivity index (χ3v) is 10.4. The van der Waals surface area contributed by atoms with E-state index < -0.39 is 0 Å². The molecule has 4 aromatic rings. The van der Waals surface area contributed by atoms with Gasteiger partial charge in [-0.15, -0.1) is 0 Å². The number of hydrogen-bond acceptors (Lipinski definition) is 8. The van der Waals surface area contributed by atoms with Crippen LogP contribution in [0.1, 0.15) is 45.5 Å². The molecule has 5 aliphatic rings. The van der Waals surface area contributed by atoms with Gasteiger partial charge in [0, 0.05) is 37.3 Å². The van der Waals surface area contributed by atoms with Crippen molar-refractivity contribution >= 4 is 5.91 Å². The summed E-state index contributed by atoms with van der Waals surface area (Å²) in [6.07, 6.45) is 6.54. The van der Waals surface area contributed by atoms with Crippen molar-refractivity contribution in [2.45, 2.75) is 37.8 Å². The summed E-state index contributed by atoms with van der Waals surface area (Å²) in [5, 5.41) is 0. The lowest BCUT2D eigenvalue weighted by Gasteiger charge is -2.40. The smallest absolute Gasteiger partial charge is 0.246 e. The van der Waals surface area contributed by atoms with Gasteiger partial charge in [-0.05, 0) is 117 Å². The van der Waals surface area contributed by atoms with Crippen molar-refractivity contribution in [2.75, 3.05) is 55.0 Å². The predicted octanol–water partition coefficient (Wildman–Crippen LogP) is 7.27. The molecule has 0 aromatic heterocycles. The average molecular weight is 674 g/mol. The Hall–Kier alpha value is -4.99. The van der Waals surface area contributed by atoms with Crippen molar-refractivity contribution in [2.24, 2.45) is 0 Å². The quantitative estimate of drug-likeness (QED) is 0.181. The Morgan fingerprint density at radius 2 is 1.52 bits per heavy atom. The highest BCUT2D eigenvalue weighted by atomic mass is 16.6. The summed E-state index contributed by atoms with van der Waals surface area (Å²) in [6.45, 7) is 2.17.